The summed E-state index contributed by atoms with van der Waals surface area (Å²) in [6.45, 7) is 0.851. The second-order valence-corrected chi connectivity index (χ2v) is 6.81. The number of fused-ring (bicyclic) bond motifs is 3. The summed E-state index contributed by atoms with van der Waals surface area (Å²) in [5.74, 6) is 0.389. The maximum atomic E-state index is 13.3. The van der Waals surface area contributed by atoms with Crippen LogP contribution >= 0.6 is 0 Å². The van der Waals surface area contributed by atoms with Crippen molar-refractivity contribution in [1.82, 2.24) is 28.9 Å². The SMILES string of the molecule is COCCn1c(=O)c2c(-n3cc(C4(O)CC4)nn3)ncn2c2ccccc21. The van der Waals surface area contributed by atoms with Gasteiger partial charge in [-0.2, -0.15) is 4.68 Å². The van der Waals surface area contributed by atoms with Gasteiger partial charge in [0.2, 0.25) is 0 Å². The summed E-state index contributed by atoms with van der Waals surface area (Å²) in [6, 6.07) is 7.66. The van der Waals surface area contributed by atoms with Gasteiger partial charge >= 0.3 is 0 Å². The zero-order valence-corrected chi connectivity index (χ0v) is 14.7. The number of nitrogens with zero attached hydrogens (tertiary/aromatic N) is 6. The lowest BCUT2D eigenvalue weighted by molar-refractivity contribution is 0.146. The number of rotatable bonds is 5. The maximum Gasteiger partial charge on any atom is 0.279 e. The van der Waals surface area contributed by atoms with E-state index >= 15 is 0 Å². The van der Waals surface area contributed by atoms with Crippen LogP contribution in [0, 0.1) is 0 Å². The van der Waals surface area contributed by atoms with Crippen LogP contribution in [-0.2, 0) is 16.9 Å². The number of aliphatic hydroxyl groups is 1. The summed E-state index contributed by atoms with van der Waals surface area (Å²) in [4.78, 5) is 17.7. The van der Waals surface area contributed by atoms with Crippen molar-refractivity contribution in [3.05, 3.63) is 52.8 Å². The van der Waals surface area contributed by atoms with Crippen molar-refractivity contribution in [2.24, 2.45) is 0 Å². The normalized spacial score (nSPS) is 15.6. The highest BCUT2D eigenvalue weighted by atomic mass is 16.5. The molecule has 5 rings (SSSR count). The van der Waals surface area contributed by atoms with Crippen molar-refractivity contribution in [3.8, 4) is 5.82 Å². The molecule has 9 nitrogen and oxygen atoms in total. The van der Waals surface area contributed by atoms with Gasteiger partial charge in [-0.1, -0.05) is 17.3 Å². The molecule has 138 valence electrons. The average molecular weight is 366 g/mol. The maximum absolute atomic E-state index is 13.3. The third-order valence-electron chi connectivity index (χ3n) is 5.06. The van der Waals surface area contributed by atoms with Gasteiger partial charge in [0.05, 0.1) is 23.8 Å². The molecule has 3 aromatic heterocycles. The van der Waals surface area contributed by atoms with E-state index in [2.05, 4.69) is 15.3 Å². The number of hydrogen-bond donors (Lipinski definition) is 1. The van der Waals surface area contributed by atoms with Gasteiger partial charge in [0.15, 0.2) is 11.3 Å². The van der Waals surface area contributed by atoms with Gasteiger partial charge in [0, 0.05) is 13.7 Å². The van der Waals surface area contributed by atoms with E-state index in [0.29, 0.717) is 43.0 Å². The van der Waals surface area contributed by atoms with Gasteiger partial charge in [-0.05, 0) is 25.0 Å². The fourth-order valence-corrected chi connectivity index (χ4v) is 3.38. The average Bonchev–Trinajstić information content (AvgIpc) is 3.11. The highest BCUT2D eigenvalue weighted by Gasteiger charge is 2.45. The molecule has 0 radical (unpaired) electrons. The Morgan fingerprint density at radius 1 is 1.26 bits per heavy atom. The third-order valence-corrected chi connectivity index (χ3v) is 5.06. The first-order valence-corrected chi connectivity index (χ1v) is 8.75. The number of imidazole rings is 1. The first-order valence-electron chi connectivity index (χ1n) is 8.75. The van der Waals surface area contributed by atoms with Crippen molar-refractivity contribution in [3.63, 3.8) is 0 Å². The fourth-order valence-electron chi connectivity index (χ4n) is 3.38. The van der Waals surface area contributed by atoms with E-state index in [-0.39, 0.29) is 5.56 Å². The molecule has 0 saturated heterocycles. The van der Waals surface area contributed by atoms with Crippen molar-refractivity contribution >= 4 is 16.6 Å². The molecule has 1 aliphatic rings. The molecule has 0 spiro atoms. The zero-order valence-electron chi connectivity index (χ0n) is 14.7. The second kappa shape index (κ2) is 5.73. The predicted molar refractivity (Wildman–Crippen MR) is 96.9 cm³/mol. The second-order valence-electron chi connectivity index (χ2n) is 6.81. The summed E-state index contributed by atoms with van der Waals surface area (Å²) in [5.41, 5.74) is 1.51. The Bertz CT molecular complexity index is 1220. The third kappa shape index (κ3) is 2.39. The standard InChI is InChI=1S/C18H18N6O3/c1-27-9-8-22-12-4-2-3-5-13(12)23-11-19-16(15(23)17(22)25)24-10-14(20-21-24)18(26)6-7-18/h2-5,10-11,26H,6-9H2,1H3. The summed E-state index contributed by atoms with van der Waals surface area (Å²) in [6.07, 6.45) is 4.60. The Balaban J connectivity index is 1.76. The summed E-state index contributed by atoms with van der Waals surface area (Å²) >= 11 is 0. The monoisotopic (exact) mass is 366 g/mol. The first kappa shape index (κ1) is 16.2. The Kier molecular flexibility index (Phi) is 3.43. The lowest BCUT2D eigenvalue weighted by atomic mass is 10.2. The zero-order chi connectivity index (χ0) is 18.6. The Morgan fingerprint density at radius 3 is 2.78 bits per heavy atom. The van der Waals surface area contributed by atoms with E-state index in [1.165, 1.54) is 4.68 Å². The molecule has 0 unspecified atom stereocenters. The minimum Gasteiger partial charge on any atom is -0.383 e. The summed E-state index contributed by atoms with van der Waals surface area (Å²) < 4.78 is 10.1. The van der Waals surface area contributed by atoms with E-state index in [1.807, 2.05) is 24.3 Å². The molecule has 0 bridgehead atoms. The van der Waals surface area contributed by atoms with Crippen LogP contribution in [0.5, 0.6) is 0 Å². The molecule has 0 amide bonds. The van der Waals surface area contributed by atoms with Crippen LogP contribution in [0.3, 0.4) is 0 Å². The van der Waals surface area contributed by atoms with Gasteiger partial charge in [-0.3, -0.25) is 9.20 Å². The molecule has 3 heterocycles. The summed E-state index contributed by atoms with van der Waals surface area (Å²) in [7, 11) is 1.61. The smallest absolute Gasteiger partial charge is 0.279 e. The van der Waals surface area contributed by atoms with Gasteiger partial charge in [0.1, 0.15) is 17.6 Å². The molecule has 0 atom stereocenters. The van der Waals surface area contributed by atoms with Gasteiger partial charge in [0.25, 0.3) is 5.56 Å². The molecule has 1 aromatic carbocycles. The first-order chi connectivity index (χ1) is 13.1. The topological polar surface area (TPSA) is 99.5 Å². The van der Waals surface area contributed by atoms with E-state index in [4.69, 9.17) is 4.74 Å². The largest absolute Gasteiger partial charge is 0.383 e. The molecule has 0 aliphatic heterocycles. The minimum atomic E-state index is -0.890. The van der Waals surface area contributed by atoms with Crippen molar-refractivity contribution in [2.45, 2.75) is 25.0 Å². The Morgan fingerprint density at radius 2 is 2.04 bits per heavy atom. The molecule has 27 heavy (non-hydrogen) atoms. The molecule has 1 aliphatic carbocycles. The van der Waals surface area contributed by atoms with Crippen molar-refractivity contribution in [1.29, 1.82) is 0 Å². The molecular weight excluding hydrogens is 348 g/mol. The fraction of sp³-hybridized carbons (Fsp3) is 0.333. The van der Waals surface area contributed by atoms with Gasteiger partial charge in [-0.25, -0.2) is 4.98 Å². The van der Waals surface area contributed by atoms with E-state index < -0.39 is 5.60 Å². The number of hydrogen-bond acceptors (Lipinski definition) is 6. The summed E-state index contributed by atoms with van der Waals surface area (Å²) in [5, 5.41) is 18.4. The van der Waals surface area contributed by atoms with E-state index in [0.717, 1.165) is 11.0 Å². The van der Waals surface area contributed by atoms with Crippen LogP contribution in [0.25, 0.3) is 22.4 Å². The number of ether oxygens (including phenoxy) is 1. The quantitative estimate of drug-likeness (QED) is 0.562. The lowest BCUT2D eigenvalue weighted by Gasteiger charge is -2.12. The van der Waals surface area contributed by atoms with Crippen molar-refractivity contribution in [2.75, 3.05) is 13.7 Å². The van der Waals surface area contributed by atoms with Gasteiger partial charge in [-0.15, -0.1) is 5.10 Å². The predicted octanol–water partition coefficient (Wildman–Crippen LogP) is 0.858. The molecule has 4 aromatic rings. The molecule has 1 N–H and O–H groups in total. The molecule has 9 heteroatoms. The number of para-hydroxylation sites is 2. The highest BCUT2D eigenvalue weighted by molar-refractivity contribution is 5.80. The minimum absolute atomic E-state index is 0.180. The van der Waals surface area contributed by atoms with Crippen LogP contribution in [0.1, 0.15) is 18.5 Å². The van der Waals surface area contributed by atoms with Crippen LogP contribution in [0.2, 0.25) is 0 Å². The molecule has 1 saturated carbocycles. The van der Waals surface area contributed by atoms with E-state index in [9.17, 15) is 9.90 Å². The van der Waals surface area contributed by atoms with Gasteiger partial charge < -0.3 is 14.4 Å². The van der Waals surface area contributed by atoms with Crippen molar-refractivity contribution < 1.29 is 9.84 Å². The number of methoxy groups -OCH3 is 1. The Labute approximate surface area is 153 Å². The number of aromatic nitrogens is 6. The number of benzene rings is 1. The van der Waals surface area contributed by atoms with Crippen LogP contribution in [0.15, 0.2) is 41.6 Å². The lowest BCUT2D eigenvalue weighted by Crippen LogP contribution is -2.25. The molecule has 1 fully saturated rings. The van der Waals surface area contributed by atoms with Crippen LogP contribution in [0.4, 0.5) is 0 Å². The van der Waals surface area contributed by atoms with Crippen LogP contribution in [-0.4, -0.2) is 47.8 Å². The Hall–Kier alpha value is -3.04. The van der Waals surface area contributed by atoms with E-state index in [1.54, 1.807) is 28.6 Å². The molecular formula is C18H18N6O3. The van der Waals surface area contributed by atoms with Crippen LogP contribution < -0.4 is 5.56 Å². The highest BCUT2D eigenvalue weighted by Crippen LogP contribution is 2.44.